The standard InChI is InChI=1S/C13H14BrN3S/c1-9(15-2)11-4-3-10(7-12(11)14)18-13-8-16-5-6-17-13/h3-9,15H,1-2H3. The molecule has 94 valence electrons. The van der Waals surface area contributed by atoms with Crippen LogP contribution in [0, 0.1) is 0 Å². The third-order valence-electron chi connectivity index (χ3n) is 2.63. The fourth-order valence-electron chi connectivity index (χ4n) is 1.54. The van der Waals surface area contributed by atoms with Gasteiger partial charge >= 0.3 is 0 Å². The molecule has 18 heavy (non-hydrogen) atoms. The Morgan fingerprint density at radius 2 is 2.17 bits per heavy atom. The highest BCUT2D eigenvalue weighted by atomic mass is 79.9. The van der Waals surface area contributed by atoms with Gasteiger partial charge in [0, 0.05) is 27.8 Å². The van der Waals surface area contributed by atoms with Gasteiger partial charge in [0.05, 0.1) is 6.20 Å². The normalized spacial score (nSPS) is 12.4. The molecule has 5 heteroatoms. The van der Waals surface area contributed by atoms with Crippen LogP contribution in [0.15, 0.2) is 51.2 Å². The van der Waals surface area contributed by atoms with Crippen molar-refractivity contribution in [3.63, 3.8) is 0 Å². The molecule has 0 saturated carbocycles. The Kier molecular flexibility index (Phi) is 4.74. The van der Waals surface area contributed by atoms with E-state index >= 15 is 0 Å². The molecule has 0 saturated heterocycles. The number of aromatic nitrogens is 2. The average molecular weight is 324 g/mol. The molecule has 0 amide bonds. The van der Waals surface area contributed by atoms with Gasteiger partial charge in [-0.25, -0.2) is 4.98 Å². The van der Waals surface area contributed by atoms with Crippen LogP contribution in [0.1, 0.15) is 18.5 Å². The molecule has 0 fully saturated rings. The lowest BCUT2D eigenvalue weighted by atomic mass is 10.1. The van der Waals surface area contributed by atoms with Crippen molar-refractivity contribution in [1.29, 1.82) is 0 Å². The maximum atomic E-state index is 4.25. The van der Waals surface area contributed by atoms with Crippen molar-refractivity contribution in [3.8, 4) is 0 Å². The Morgan fingerprint density at radius 3 is 2.78 bits per heavy atom. The molecule has 0 aliphatic rings. The van der Waals surface area contributed by atoms with Crippen LogP contribution in [-0.2, 0) is 0 Å². The Bertz CT molecular complexity index is 519. The van der Waals surface area contributed by atoms with Gasteiger partial charge in [0.2, 0.25) is 0 Å². The van der Waals surface area contributed by atoms with Crippen molar-refractivity contribution < 1.29 is 0 Å². The maximum absolute atomic E-state index is 4.25. The second-order valence-corrected chi connectivity index (χ2v) is 5.79. The van der Waals surface area contributed by atoms with Crippen LogP contribution in [-0.4, -0.2) is 17.0 Å². The molecule has 0 aliphatic carbocycles. The predicted octanol–water partition coefficient (Wildman–Crippen LogP) is 3.67. The molecule has 1 unspecified atom stereocenters. The molecule has 0 radical (unpaired) electrons. The monoisotopic (exact) mass is 323 g/mol. The van der Waals surface area contributed by atoms with Gasteiger partial charge in [-0.2, -0.15) is 0 Å². The van der Waals surface area contributed by atoms with Gasteiger partial charge in [0.15, 0.2) is 0 Å². The smallest absolute Gasteiger partial charge is 0.119 e. The highest BCUT2D eigenvalue weighted by molar-refractivity contribution is 9.10. The largest absolute Gasteiger partial charge is 0.313 e. The molecule has 1 N–H and O–H groups in total. The maximum Gasteiger partial charge on any atom is 0.119 e. The number of nitrogens with one attached hydrogen (secondary N) is 1. The van der Waals surface area contributed by atoms with Crippen molar-refractivity contribution in [2.45, 2.75) is 22.9 Å². The molecule has 2 aromatic rings. The zero-order valence-corrected chi connectivity index (χ0v) is 12.6. The minimum absolute atomic E-state index is 0.329. The van der Waals surface area contributed by atoms with Gasteiger partial charge in [-0.15, -0.1) is 0 Å². The predicted molar refractivity (Wildman–Crippen MR) is 77.8 cm³/mol. The number of benzene rings is 1. The van der Waals surface area contributed by atoms with Crippen LogP contribution in [0.3, 0.4) is 0 Å². The highest BCUT2D eigenvalue weighted by Crippen LogP contribution is 2.31. The summed E-state index contributed by atoms with van der Waals surface area (Å²) in [6.45, 7) is 2.13. The van der Waals surface area contributed by atoms with Crippen molar-refractivity contribution in [2.75, 3.05) is 7.05 Å². The SMILES string of the molecule is CNC(C)c1ccc(Sc2cnccn2)cc1Br. The van der Waals surface area contributed by atoms with Crippen LogP contribution in [0.4, 0.5) is 0 Å². The minimum Gasteiger partial charge on any atom is -0.313 e. The van der Waals surface area contributed by atoms with Gasteiger partial charge in [0.1, 0.15) is 5.03 Å². The molecular formula is C13H14BrN3S. The summed E-state index contributed by atoms with van der Waals surface area (Å²) >= 11 is 5.22. The van der Waals surface area contributed by atoms with E-state index in [-0.39, 0.29) is 0 Å². The van der Waals surface area contributed by atoms with Crippen molar-refractivity contribution in [2.24, 2.45) is 0 Å². The van der Waals surface area contributed by atoms with E-state index in [2.05, 4.69) is 56.3 Å². The van der Waals surface area contributed by atoms with Gasteiger partial charge in [0.25, 0.3) is 0 Å². The summed E-state index contributed by atoms with van der Waals surface area (Å²) in [4.78, 5) is 9.46. The number of hydrogen-bond donors (Lipinski definition) is 1. The first-order valence-electron chi connectivity index (χ1n) is 5.61. The van der Waals surface area contributed by atoms with Crippen molar-refractivity contribution >= 4 is 27.7 Å². The van der Waals surface area contributed by atoms with E-state index in [4.69, 9.17) is 0 Å². The highest BCUT2D eigenvalue weighted by Gasteiger charge is 2.08. The van der Waals surface area contributed by atoms with E-state index in [9.17, 15) is 0 Å². The number of nitrogens with zero attached hydrogens (tertiary/aromatic N) is 2. The van der Waals surface area contributed by atoms with E-state index in [0.29, 0.717) is 6.04 Å². The van der Waals surface area contributed by atoms with E-state index < -0.39 is 0 Å². The Morgan fingerprint density at radius 1 is 1.33 bits per heavy atom. The van der Waals surface area contributed by atoms with Crippen LogP contribution in [0.5, 0.6) is 0 Å². The van der Waals surface area contributed by atoms with Gasteiger partial charge in [-0.3, -0.25) is 4.98 Å². The lowest BCUT2D eigenvalue weighted by Crippen LogP contribution is -2.12. The zero-order valence-electron chi connectivity index (χ0n) is 10.2. The molecule has 0 aliphatic heterocycles. The summed E-state index contributed by atoms with van der Waals surface area (Å²) in [6.07, 6.45) is 5.15. The lowest BCUT2D eigenvalue weighted by molar-refractivity contribution is 0.649. The van der Waals surface area contributed by atoms with Gasteiger partial charge in [-0.1, -0.05) is 33.8 Å². The van der Waals surface area contributed by atoms with Gasteiger partial charge < -0.3 is 5.32 Å². The summed E-state index contributed by atoms with van der Waals surface area (Å²) in [5.74, 6) is 0. The Hall–Kier alpha value is -0.910. The quantitative estimate of drug-likeness (QED) is 0.931. The summed E-state index contributed by atoms with van der Waals surface area (Å²) < 4.78 is 1.11. The summed E-state index contributed by atoms with van der Waals surface area (Å²) in [7, 11) is 1.96. The van der Waals surface area contributed by atoms with Crippen LogP contribution in [0.2, 0.25) is 0 Å². The third kappa shape index (κ3) is 3.31. The second kappa shape index (κ2) is 6.31. The van der Waals surface area contributed by atoms with Crippen molar-refractivity contribution in [1.82, 2.24) is 15.3 Å². The molecule has 1 aromatic carbocycles. The third-order valence-corrected chi connectivity index (χ3v) is 4.23. The van der Waals surface area contributed by atoms with E-state index in [0.717, 1.165) is 14.4 Å². The first-order valence-corrected chi connectivity index (χ1v) is 7.22. The molecule has 0 spiro atoms. The first kappa shape index (κ1) is 13.5. The minimum atomic E-state index is 0.329. The molecule has 1 atom stereocenters. The molecule has 2 rings (SSSR count). The number of rotatable bonds is 4. The average Bonchev–Trinajstić information content (AvgIpc) is 2.39. The van der Waals surface area contributed by atoms with E-state index in [1.54, 1.807) is 30.4 Å². The van der Waals surface area contributed by atoms with E-state index in [1.807, 2.05) is 7.05 Å². The zero-order chi connectivity index (χ0) is 13.0. The fourth-order valence-corrected chi connectivity index (χ4v) is 3.19. The number of hydrogen-bond acceptors (Lipinski definition) is 4. The Labute approximate surface area is 120 Å². The number of halogens is 1. The van der Waals surface area contributed by atoms with E-state index in [1.165, 1.54) is 5.56 Å². The topological polar surface area (TPSA) is 37.8 Å². The molecule has 0 bridgehead atoms. The van der Waals surface area contributed by atoms with Crippen LogP contribution >= 0.6 is 27.7 Å². The molecular weight excluding hydrogens is 310 g/mol. The van der Waals surface area contributed by atoms with Crippen molar-refractivity contribution in [3.05, 3.63) is 46.8 Å². The second-order valence-electron chi connectivity index (χ2n) is 3.84. The summed E-state index contributed by atoms with van der Waals surface area (Å²) in [5, 5.41) is 4.13. The van der Waals surface area contributed by atoms with Crippen LogP contribution in [0.25, 0.3) is 0 Å². The summed E-state index contributed by atoms with van der Waals surface area (Å²) in [6, 6.07) is 6.68. The molecule has 1 aromatic heterocycles. The molecule has 1 heterocycles. The first-order chi connectivity index (χ1) is 8.70. The van der Waals surface area contributed by atoms with Crippen LogP contribution < -0.4 is 5.32 Å². The Balaban J connectivity index is 2.19. The summed E-state index contributed by atoms with van der Waals surface area (Å²) in [5.41, 5.74) is 1.25. The molecule has 3 nitrogen and oxygen atoms in total. The lowest BCUT2D eigenvalue weighted by Gasteiger charge is -2.13. The fraction of sp³-hybridized carbons (Fsp3) is 0.231. The van der Waals surface area contributed by atoms with Gasteiger partial charge in [-0.05, 0) is 31.7 Å².